The highest BCUT2D eigenvalue weighted by molar-refractivity contribution is 7.90. The lowest BCUT2D eigenvalue weighted by atomic mass is 10.1. The molecule has 0 saturated heterocycles. The molecule has 4 rings (SSSR count). The summed E-state index contributed by atoms with van der Waals surface area (Å²) in [7, 11) is -7.48. The third-order valence-corrected chi connectivity index (χ3v) is 9.05. The summed E-state index contributed by atoms with van der Waals surface area (Å²) in [5, 5.41) is 13.9. The van der Waals surface area contributed by atoms with E-state index in [1.807, 2.05) is 0 Å². The monoisotopic (exact) mass is 605 g/mol. The fraction of sp³-hybridized carbons (Fsp3) is 0.148. The van der Waals surface area contributed by atoms with Crippen LogP contribution in [0.5, 0.6) is 0 Å². The molecule has 0 fully saturated rings. The number of carbonyl (C=O) groups is 1. The maximum absolute atomic E-state index is 12.8. The number of benzene rings is 3. The van der Waals surface area contributed by atoms with E-state index in [2.05, 4.69) is 16.9 Å². The summed E-state index contributed by atoms with van der Waals surface area (Å²) in [5.41, 5.74) is 4.10. The van der Waals surface area contributed by atoms with Gasteiger partial charge in [0.05, 0.1) is 16.5 Å². The first-order valence-electron chi connectivity index (χ1n) is 11.4. The lowest BCUT2D eigenvalue weighted by molar-refractivity contribution is -0.139. The number of furan rings is 1. The number of hydrogen-bond acceptors (Lipinski definition) is 6. The molecule has 3 N–H and O–H groups in total. The van der Waals surface area contributed by atoms with Crippen LogP contribution in [0.3, 0.4) is 0 Å². The van der Waals surface area contributed by atoms with Crippen LogP contribution in [-0.4, -0.2) is 36.7 Å². The van der Waals surface area contributed by atoms with Crippen LogP contribution < -0.4 is 10.6 Å². The number of halogens is 2. The average Bonchev–Trinajstić information content (AvgIpc) is 3.34. The van der Waals surface area contributed by atoms with Gasteiger partial charge in [0.25, 0.3) is 0 Å². The van der Waals surface area contributed by atoms with Crippen molar-refractivity contribution in [1.29, 1.82) is 0 Å². The Hall–Kier alpha value is -3.09. The second-order valence-corrected chi connectivity index (χ2v) is 13.5. The fourth-order valence-electron chi connectivity index (χ4n) is 3.79. The van der Waals surface area contributed by atoms with Crippen LogP contribution in [0.15, 0.2) is 76.2 Å². The summed E-state index contributed by atoms with van der Waals surface area (Å²) in [4.78, 5) is 22.5. The zero-order chi connectivity index (χ0) is 28.4. The van der Waals surface area contributed by atoms with E-state index in [4.69, 9.17) is 27.6 Å². The summed E-state index contributed by atoms with van der Waals surface area (Å²) in [6, 6.07) is 14.4. The Labute approximate surface area is 234 Å². The van der Waals surface area contributed by atoms with Gasteiger partial charge in [0.15, 0.2) is 9.84 Å². The van der Waals surface area contributed by atoms with Gasteiger partial charge in [-0.25, -0.2) is 8.42 Å². The third-order valence-electron chi connectivity index (χ3n) is 5.87. The molecular formula is C27H22Cl2NO7PS. The summed E-state index contributed by atoms with van der Waals surface area (Å²) < 4.78 is 41.8. The molecule has 12 heteroatoms. The highest BCUT2D eigenvalue weighted by atomic mass is 35.5. The van der Waals surface area contributed by atoms with E-state index < -0.39 is 29.2 Å². The van der Waals surface area contributed by atoms with Crippen LogP contribution in [0.4, 0.5) is 0 Å². The van der Waals surface area contributed by atoms with Crippen molar-refractivity contribution in [3.05, 3.63) is 93.7 Å². The van der Waals surface area contributed by atoms with Crippen LogP contribution in [0, 0.1) is 11.6 Å². The Balaban J connectivity index is 1.50. The predicted molar refractivity (Wildman–Crippen MR) is 151 cm³/mol. The largest absolute Gasteiger partial charge is 0.480 e. The molecule has 2 atom stereocenters. The van der Waals surface area contributed by atoms with Gasteiger partial charge in [0.2, 0.25) is 0 Å². The van der Waals surface area contributed by atoms with E-state index in [1.165, 1.54) is 42.7 Å². The molecular weight excluding hydrogens is 584 g/mol. The number of fused-ring (bicyclic) bond motifs is 1. The number of carboxylic acid groups (broad SMARTS) is 1. The van der Waals surface area contributed by atoms with Crippen LogP contribution in [0.25, 0.3) is 11.0 Å². The van der Waals surface area contributed by atoms with Crippen molar-refractivity contribution in [3.63, 3.8) is 0 Å². The van der Waals surface area contributed by atoms with Gasteiger partial charge in [-0.15, -0.1) is 0 Å². The molecule has 0 saturated carbocycles. The van der Waals surface area contributed by atoms with E-state index in [0.717, 1.165) is 11.6 Å². The lowest BCUT2D eigenvalue weighted by Crippen LogP contribution is -2.38. The van der Waals surface area contributed by atoms with Crippen LogP contribution in [0.1, 0.15) is 16.7 Å². The molecule has 0 aliphatic carbocycles. The van der Waals surface area contributed by atoms with Crippen LogP contribution in [0.2, 0.25) is 10.0 Å². The molecule has 4 aromatic rings. The van der Waals surface area contributed by atoms with Crippen molar-refractivity contribution in [2.45, 2.75) is 23.9 Å². The number of rotatable bonds is 8. The molecule has 202 valence electrons. The molecule has 8 nitrogen and oxygen atoms in total. The topological polar surface area (TPSA) is 134 Å². The van der Waals surface area contributed by atoms with Crippen LogP contribution in [-0.2, 0) is 32.2 Å². The summed E-state index contributed by atoms with van der Waals surface area (Å²) >= 11 is 12.8. The second-order valence-electron chi connectivity index (χ2n) is 8.77. The van der Waals surface area contributed by atoms with Crippen molar-refractivity contribution in [2.24, 2.45) is 0 Å². The average molecular weight is 606 g/mol. The molecule has 3 aromatic carbocycles. The number of carboxylic acids is 1. The standard InChI is InChI=1S/C27H22Cl2NO7PS/c1-39(35,36)21-4-2-3-17(11-21)14-25(27(31)32)30-16-22-23(28)12-18(13-24(22)29)8-10-38(33,34)20-6-5-19-7-9-37-26(19)15-20/h2-7,9,11-13,15,25,30H,14,16H2,1H3,(H,31,32)(H,33,34). The SMILES string of the molecule is CS(=O)(=O)c1cccc(CC(NCc2c(Cl)cc(C#CP(=O)(O)c3ccc4ccoc4c3)cc2Cl)C(=O)O)c1. The summed E-state index contributed by atoms with van der Waals surface area (Å²) in [6.45, 7) is -0.00420. The van der Waals surface area contributed by atoms with Gasteiger partial charge in [-0.3, -0.25) is 14.7 Å². The molecule has 0 aliphatic rings. The van der Waals surface area contributed by atoms with Crippen molar-refractivity contribution in [1.82, 2.24) is 5.32 Å². The molecule has 1 aromatic heterocycles. The Morgan fingerprint density at radius 2 is 1.82 bits per heavy atom. The van der Waals surface area contributed by atoms with E-state index in [9.17, 15) is 27.8 Å². The quantitative estimate of drug-likeness (QED) is 0.192. The van der Waals surface area contributed by atoms with Crippen molar-refractivity contribution in [3.8, 4) is 11.6 Å². The van der Waals surface area contributed by atoms with E-state index in [0.29, 0.717) is 22.3 Å². The third kappa shape index (κ3) is 7.11. The minimum atomic E-state index is -4.04. The van der Waals surface area contributed by atoms with Crippen molar-refractivity contribution >= 4 is 62.7 Å². The lowest BCUT2D eigenvalue weighted by Gasteiger charge is -2.16. The highest BCUT2D eigenvalue weighted by Gasteiger charge is 2.21. The predicted octanol–water partition coefficient (Wildman–Crippen LogP) is 4.83. The molecule has 0 amide bonds. The molecule has 2 unspecified atom stereocenters. The van der Waals surface area contributed by atoms with Gasteiger partial charge in [0.1, 0.15) is 11.6 Å². The Morgan fingerprint density at radius 1 is 1.10 bits per heavy atom. The van der Waals surface area contributed by atoms with E-state index in [-0.39, 0.29) is 33.2 Å². The first-order chi connectivity index (χ1) is 18.3. The van der Waals surface area contributed by atoms with Gasteiger partial charge in [0, 0.05) is 39.4 Å². The first-order valence-corrected chi connectivity index (χ1v) is 15.7. The molecule has 0 bridgehead atoms. The minimum absolute atomic E-state index is 0.00420. The fourth-order valence-corrected chi connectivity index (χ4v) is 6.08. The van der Waals surface area contributed by atoms with Crippen molar-refractivity contribution in [2.75, 3.05) is 6.26 Å². The highest BCUT2D eigenvalue weighted by Crippen LogP contribution is 2.39. The Morgan fingerprint density at radius 3 is 2.49 bits per heavy atom. The maximum Gasteiger partial charge on any atom is 0.321 e. The minimum Gasteiger partial charge on any atom is -0.480 e. The van der Waals surface area contributed by atoms with Crippen molar-refractivity contribution < 1.29 is 32.2 Å². The first kappa shape index (κ1) is 28.9. The zero-order valence-corrected chi connectivity index (χ0v) is 23.6. The normalized spacial score (nSPS) is 13.8. The number of nitrogens with one attached hydrogen (secondary N) is 1. The molecule has 1 heterocycles. The van der Waals surface area contributed by atoms with Gasteiger partial charge in [-0.1, -0.05) is 47.3 Å². The number of hydrogen-bond donors (Lipinski definition) is 3. The second kappa shape index (κ2) is 11.6. The Bertz CT molecular complexity index is 1770. The smallest absolute Gasteiger partial charge is 0.321 e. The summed E-state index contributed by atoms with van der Waals surface area (Å²) in [6.07, 6.45) is 2.58. The van der Waals surface area contributed by atoms with Gasteiger partial charge < -0.3 is 14.4 Å². The van der Waals surface area contributed by atoms with Gasteiger partial charge in [-0.05, 0) is 60.1 Å². The summed E-state index contributed by atoms with van der Waals surface area (Å²) in [5.74, 6) is 1.50. The van der Waals surface area contributed by atoms with Crippen LogP contribution >= 0.6 is 30.6 Å². The number of sulfone groups is 1. The maximum atomic E-state index is 12.8. The van der Waals surface area contributed by atoms with Gasteiger partial charge in [-0.2, -0.15) is 0 Å². The van der Waals surface area contributed by atoms with E-state index >= 15 is 0 Å². The Kier molecular flexibility index (Phi) is 8.57. The molecule has 39 heavy (non-hydrogen) atoms. The molecule has 0 aliphatic heterocycles. The number of aliphatic carboxylic acids is 1. The van der Waals surface area contributed by atoms with E-state index in [1.54, 1.807) is 24.3 Å². The zero-order valence-electron chi connectivity index (χ0n) is 20.4. The molecule has 0 spiro atoms. The molecule has 0 radical (unpaired) electrons. The van der Waals surface area contributed by atoms with Gasteiger partial charge >= 0.3 is 13.3 Å².